The third kappa shape index (κ3) is 11.7. The number of amides is 2. The highest BCUT2D eigenvalue weighted by molar-refractivity contribution is 14.1. The Kier molecular flexibility index (Phi) is 15.6. The van der Waals surface area contributed by atoms with Crippen LogP contribution in [0.1, 0.15) is 62.5 Å². The summed E-state index contributed by atoms with van der Waals surface area (Å²) in [6.45, 7) is 8.97. The Morgan fingerprint density at radius 1 is 1.06 bits per heavy atom. The lowest BCUT2D eigenvalue weighted by atomic mass is 9.90. The molecule has 0 radical (unpaired) electrons. The maximum atomic E-state index is 13.7. The molecule has 272 valence electrons. The Morgan fingerprint density at radius 3 is 2.38 bits per heavy atom. The summed E-state index contributed by atoms with van der Waals surface area (Å²) in [4.78, 5) is 65.7. The van der Waals surface area contributed by atoms with E-state index in [-0.39, 0.29) is 35.6 Å². The second-order valence-corrected chi connectivity index (χ2v) is 15.1. The average Bonchev–Trinajstić information content (AvgIpc) is 3.07. The first kappa shape index (κ1) is 40.8. The zero-order valence-electron chi connectivity index (χ0n) is 29.2. The molecule has 1 heterocycles. The van der Waals surface area contributed by atoms with E-state index in [4.69, 9.17) is 30.5 Å². The van der Waals surface area contributed by atoms with Gasteiger partial charge in [-0.1, -0.05) is 97.4 Å². The monoisotopic (exact) mass is 824 g/mol. The van der Waals surface area contributed by atoms with Crippen LogP contribution >= 0.6 is 34.2 Å². The number of alkyl halides is 1. The number of halogens is 2. The summed E-state index contributed by atoms with van der Waals surface area (Å²) < 4.78 is 22.3. The van der Waals surface area contributed by atoms with Crippen LogP contribution in [0.5, 0.6) is 5.75 Å². The van der Waals surface area contributed by atoms with Crippen LogP contribution in [0, 0.1) is 17.3 Å². The Balaban J connectivity index is 2.00. The molecule has 2 aromatic rings. The summed E-state index contributed by atoms with van der Waals surface area (Å²) in [5, 5.41) is 5.84. The van der Waals surface area contributed by atoms with E-state index in [2.05, 4.69) is 33.2 Å². The molecule has 2 amide bonds. The normalized spacial score (nSPS) is 22.9. The number of cyclic esters (lactones) is 2. The van der Waals surface area contributed by atoms with Crippen molar-refractivity contribution in [3.63, 3.8) is 0 Å². The van der Waals surface area contributed by atoms with Crippen molar-refractivity contribution < 1.29 is 42.9 Å². The number of esters is 2. The van der Waals surface area contributed by atoms with Gasteiger partial charge in [0.15, 0.2) is 6.10 Å². The lowest BCUT2D eigenvalue weighted by Crippen LogP contribution is -2.51. The van der Waals surface area contributed by atoms with Gasteiger partial charge >= 0.3 is 11.9 Å². The minimum Gasteiger partial charge on any atom is -0.495 e. The highest BCUT2D eigenvalue weighted by atomic mass is 127. The maximum Gasteiger partial charge on any atom is 0.347 e. The van der Waals surface area contributed by atoms with Gasteiger partial charge in [-0.25, -0.2) is 4.79 Å². The summed E-state index contributed by atoms with van der Waals surface area (Å²) in [7, 11) is 1.49. The largest absolute Gasteiger partial charge is 0.495 e. The summed E-state index contributed by atoms with van der Waals surface area (Å²) in [6.07, 6.45) is 0.267. The molecule has 6 atom stereocenters. The van der Waals surface area contributed by atoms with Crippen molar-refractivity contribution in [3.8, 4) is 5.75 Å². The first-order chi connectivity index (χ1) is 23.7. The second kappa shape index (κ2) is 19.1. The van der Waals surface area contributed by atoms with Gasteiger partial charge in [-0.2, -0.15) is 0 Å². The van der Waals surface area contributed by atoms with E-state index < -0.39 is 59.4 Å². The molecule has 13 heteroatoms. The molecular formula is C37H46ClIN2O9. The Labute approximate surface area is 312 Å². The summed E-state index contributed by atoms with van der Waals surface area (Å²) in [5.74, 6) is -2.71. The Hall–Kier alpha value is -3.65. The molecule has 0 bridgehead atoms. The van der Waals surface area contributed by atoms with Crippen molar-refractivity contribution in [2.45, 2.75) is 82.2 Å². The number of methoxy groups -OCH3 is 1. The van der Waals surface area contributed by atoms with Crippen molar-refractivity contribution in [2.75, 3.05) is 13.7 Å². The van der Waals surface area contributed by atoms with Gasteiger partial charge in [0.2, 0.25) is 11.8 Å². The predicted octanol–water partition coefficient (Wildman–Crippen LogP) is 5.70. The van der Waals surface area contributed by atoms with E-state index in [9.17, 15) is 24.0 Å². The van der Waals surface area contributed by atoms with Crippen LogP contribution in [-0.2, 0) is 44.6 Å². The molecule has 50 heavy (non-hydrogen) atoms. The van der Waals surface area contributed by atoms with Gasteiger partial charge in [0, 0.05) is 25.3 Å². The number of hydrogen-bond acceptors (Lipinski definition) is 9. The minimum atomic E-state index is -1.25. The van der Waals surface area contributed by atoms with E-state index in [1.807, 2.05) is 44.2 Å². The number of hydrogen-bond donors (Lipinski definition) is 2. The Morgan fingerprint density at radius 2 is 1.76 bits per heavy atom. The molecule has 0 spiro atoms. The van der Waals surface area contributed by atoms with Gasteiger partial charge in [-0.05, 0) is 55.5 Å². The molecule has 1 aliphatic rings. The molecular weight excluding hydrogens is 779 g/mol. The van der Waals surface area contributed by atoms with Crippen molar-refractivity contribution in [1.82, 2.24) is 10.6 Å². The average molecular weight is 825 g/mol. The smallest absolute Gasteiger partial charge is 0.347 e. The van der Waals surface area contributed by atoms with Crippen LogP contribution < -0.4 is 15.4 Å². The number of carbonyl (C=O) groups excluding carboxylic acids is 5. The fraction of sp³-hybridized carbons (Fsp3) is 0.486. The zero-order chi connectivity index (χ0) is 37.0. The number of benzene rings is 2. The van der Waals surface area contributed by atoms with Crippen LogP contribution in [0.2, 0.25) is 5.02 Å². The van der Waals surface area contributed by atoms with E-state index in [1.165, 1.54) is 19.3 Å². The number of rotatable bonds is 11. The summed E-state index contributed by atoms with van der Waals surface area (Å²) >= 11 is 8.51. The van der Waals surface area contributed by atoms with E-state index >= 15 is 0 Å². The molecule has 2 aromatic carbocycles. The molecule has 2 N–H and O–H groups in total. The molecule has 0 aromatic heterocycles. The molecule has 0 saturated heterocycles. The Bertz CT molecular complexity index is 1520. The SMILES string of the molecule is COc1ccc(C[C@H]2NC(=O)/C=C/C[C@@H]([C@H](C)[C@@H](OC=O)[C@@H](I)c3ccccc3)OC(=O)[C@H](CC(C)C)OC(=O)C(C)(C)CNC2=O)cc1Cl. The molecule has 0 unspecified atom stereocenters. The second-order valence-electron chi connectivity index (χ2n) is 13.3. The summed E-state index contributed by atoms with van der Waals surface area (Å²) in [6, 6.07) is 13.5. The number of carbonyl (C=O) groups is 5. The number of ether oxygens (including phenoxy) is 4. The topological polar surface area (TPSA) is 146 Å². The van der Waals surface area contributed by atoms with E-state index in [0.717, 1.165) is 5.56 Å². The van der Waals surface area contributed by atoms with Gasteiger partial charge in [-0.3, -0.25) is 19.2 Å². The van der Waals surface area contributed by atoms with Gasteiger partial charge in [0.25, 0.3) is 6.47 Å². The quantitative estimate of drug-likeness (QED) is 0.0959. The molecule has 0 saturated carbocycles. The third-order valence-electron chi connectivity index (χ3n) is 8.37. The van der Waals surface area contributed by atoms with Gasteiger partial charge in [0.1, 0.15) is 24.0 Å². The zero-order valence-corrected chi connectivity index (χ0v) is 32.1. The van der Waals surface area contributed by atoms with Crippen LogP contribution in [0.4, 0.5) is 0 Å². The van der Waals surface area contributed by atoms with Crippen LogP contribution in [-0.4, -0.2) is 68.2 Å². The van der Waals surface area contributed by atoms with Gasteiger partial charge < -0.3 is 29.6 Å². The highest BCUT2D eigenvalue weighted by Gasteiger charge is 2.39. The van der Waals surface area contributed by atoms with E-state index in [0.29, 0.717) is 22.8 Å². The minimum absolute atomic E-state index is 0.0385. The van der Waals surface area contributed by atoms with Crippen LogP contribution in [0.25, 0.3) is 0 Å². The lowest BCUT2D eigenvalue weighted by molar-refractivity contribution is -0.180. The van der Waals surface area contributed by atoms with E-state index in [1.54, 1.807) is 39.0 Å². The van der Waals surface area contributed by atoms with Gasteiger partial charge in [-0.15, -0.1) is 0 Å². The molecule has 11 nitrogen and oxygen atoms in total. The molecule has 3 rings (SSSR count). The summed E-state index contributed by atoms with van der Waals surface area (Å²) in [5.41, 5.74) is 0.316. The van der Waals surface area contributed by atoms with Crippen LogP contribution in [0.15, 0.2) is 60.7 Å². The van der Waals surface area contributed by atoms with Crippen LogP contribution in [0.3, 0.4) is 0 Å². The van der Waals surface area contributed by atoms with Crippen molar-refractivity contribution in [2.24, 2.45) is 17.3 Å². The fourth-order valence-electron chi connectivity index (χ4n) is 5.38. The first-order valence-corrected chi connectivity index (χ1v) is 18.1. The first-order valence-electron chi connectivity index (χ1n) is 16.4. The lowest BCUT2D eigenvalue weighted by Gasteiger charge is -2.33. The standard InChI is InChI=1S/C37H46ClIN2O9/c1-22(2)17-30-35(45)49-28(23(3)33(48-21-42)32(39)25-11-8-7-9-12-25)13-10-14-31(43)41-27(19-24-15-16-29(47-6)26(38)18-24)34(44)40-20-37(4,5)36(46)50-30/h7-12,14-16,18,21-23,27-28,30,32-33H,13,17,19-20H2,1-6H3,(H,40,44)(H,41,43)/b14-10+/t23-,27+,28-,30-,32-,33+/m0/s1. The van der Waals surface area contributed by atoms with Crippen molar-refractivity contribution >= 4 is 64.4 Å². The fourth-order valence-corrected chi connectivity index (χ4v) is 6.90. The predicted molar refractivity (Wildman–Crippen MR) is 197 cm³/mol. The van der Waals surface area contributed by atoms with Gasteiger partial charge in [0.05, 0.1) is 21.5 Å². The molecule has 1 aliphatic heterocycles. The number of nitrogens with one attached hydrogen (secondary N) is 2. The molecule has 0 aliphatic carbocycles. The third-order valence-corrected chi connectivity index (χ3v) is 10.1. The maximum absolute atomic E-state index is 13.7. The highest BCUT2D eigenvalue weighted by Crippen LogP contribution is 2.36. The van der Waals surface area contributed by atoms with Crippen molar-refractivity contribution in [1.29, 1.82) is 0 Å². The van der Waals surface area contributed by atoms with Crippen molar-refractivity contribution in [3.05, 3.63) is 76.8 Å². The molecule has 0 fully saturated rings.